The lowest BCUT2D eigenvalue weighted by Crippen LogP contribution is -2.16. The fraction of sp³-hybridized carbons (Fsp3) is 0.158. The van der Waals surface area contributed by atoms with Crippen molar-refractivity contribution in [2.24, 2.45) is 5.10 Å². The number of aromatic nitrogens is 3. The molecular weight excluding hydrogens is 406 g/mol. The first-order valence-electron chi connectivity index (χ1n) is 8.36. The first-order chi connectivity index (χ1) is 13.1. The second kappa shape index (κ2) is 9.09. The molecule has 0 aliphatic rings. The molecule has 0 amide bonds. The SMILES string of the molecule is CN(C)c1nc(NCc2ccccc2)nc(N/N=C/c2cccc(Br)c2)n1. The van der Waals surface area contributed by atoms with Crippen LogP contribution in [-0.4, -0.2) is 35.3 Å². The van der Waals surface area contributed by atoms with Crippen LogP contribution in [-0.2, 0) is 6.54 Å². The van der Waals surface area contributed by atoms with Gasteiger partial charge in [0.1, 0.15) is 0 Å². The molecule has 1 aromatic heterocycles. The highest BCUT2D eigenvalue weighted by molar-refractivity contribution is 9.10. The maximum Gasteiger partial charge on any atom is 0.250 e. The minimum atomic E-state index is 0.371. The highest BCUT2D eigenvalue weighted by atomic mass is 79.9. The van der Waals surface area contributed by atoms with Crippen molar-refractivity contribution in [1.82, 2.24) is 15.0 Å². The zero-order chi connectivity index (χ0) is 19.1. The number of nitrogens with zero attached hydrogens (tertiary/aromatic N) is 5. The van der Waals surface area contributed by atoms with Crippen LogP contribution >= 0.6 is 15.9 Å². The smallest absolute Gasteiger partial charge is 0.250 e. The Morgan fingerprint density at radius 3 is 2.52 bits per heavy atom. The maximum absolute atomic E-state index is 4.42. The van der Waals surface area contributed by atoms with Crippen LogP contribution in [0, 0.1) is 0 Å². The Kier molecular flexibility index (Phi) is 6.32. The van der Waals surface area contributed by atoms with Gasteiger partial charge >= 0.3 is 0 Å². The molecule has 3 rings (SSSR count). The van der Waals surface area contributed by atoms with Crippen molar-refractivity contribution in [3.05, 3.63) is 70.2 Å². The van der Waals surface area contributed by atoms with Crippen LogP contribution in [0.1, 0.15) is 11.1 Å². The van der Waals surface area contributed by atoms with Gasteiger partial charge in [-0.2, -0.15) is 20.1 Å². The molecule has 0 unspecified atom stereocenters. The summed E-state index contributed by atoms with van der Waals surface area (Å²) in [5, 5.41) is 7.44. The van der Waals surface area contributed by atoms with Gasteiger partial charge in [0.15, 0.2) is 0 Å². The molecule has 0 aliphatic carbocycles. The molecule has 1 heterocycles. The number of hydrazone groups is 1. The van der Waals surface area contributed by atoms with Gasteiger partial charge in [0.2, 0.25) is 17.8 Å². The number of nitrogens with one attached hydrogen (secondary N) is 2. The van der Waals surface area contributed by atoms with Crippen LogP contribution in [0.2, 0.25) is 0 Å². The van der Waals surface area contributed by atoms with E-state index in [1.54, 1.807) is 6.21 Å². The predicted molar refractivity (Wildman–Crippen MR) is 113 cm³/mol. The van der Waals surface area contributed by atoms with Gasteiger partial charge in [-0.05, 0) is 23.3 Å². The summed E-state index contributed by atoms with van der Waals surface area (Å²) in [6.45, 7) is 0.623. The second-order valence-electron chi connectivity index (χ2n) is 5.94. The average molecular weight is 426 g/mol. The molecule has 0 aliphatic heterocycles. The monoisotopic (exact) mass is 425 g/mol. The molecule has 138 valence electrons. The molecule has 0 bridgehead atoms. The summed E-state index contributed by atoms with van der Waals surface area (Å²) in [6, 6.07) is 17.9. The summed E-state index contributed by atoms with van der Waals surface area (Å²) >= 11 is 3.44. The van der Waals surface area contributed by atoms with Crippen LogP contribution in [0.3, 0.4) is 0 Å². The Hall–Kier alpha value is -3.00. The van der Waals surface area contributed by atoms with E-state index >= 15 is 0 Å². The number of halogens is 1. The lowest BCUT2D eigenvalue weighted by Gasteiger charge is -2.13. The van der Waals surface area contributed by atoms with Gasteiger partial charge < -0.3 is 10.2 Å². The van der Waals surface area contributed by atoms with Crippen LogP contribution in [0.4, 0.5) is 17.8 Å². The molecule has 0 radical (unpaired) electrons. The average Bonchev–Trinajstić information content (AvgIpc) is 2.67. The summed E-state index contributed by atoms with van der Waals surface area (Å²) in [6.07, 6.45) is 1.71. The van der Waals surface area contributed by atoms with Crippen molar-refractivity contribution in [2.75, 3.05) is 29.7 Å². The molecule has 0 saturated carbocycles. The molecule has 27 heavy (non-hydrogen) atoms. The number of hydrogen-bond acceptors (Lipinski definition) is 7. The molecule has 3 aromatic rings. The lowest BCUT2D eigenvalue weighted by molar-refractivity contribution is 0.940. The van der Waals surface area contributed by atoms with E-state index in [1.807, 2.05) is 73.6 Å². The summed E-state index contributed by atoms with van der Waals surface area (Å²) in [7, 11) is 3.76. The van der Waals surface area contributed by atoms with E-state index in [9.17, 15) is 0 Å². The number of hydrogen-bond donors (Lipinski definition) is 2. The molecule has 2 N–H and O–H groups in total. The van der Waals surface area contributed by atoms with E-state index in [0.29, 0.717) is 24.4 Å². The molecule has 8 heteroatoms. The van der Waals surface area contributed by atoms with Gasteiger partial charge in [-0.1, -0.05) is 58.4 Å². The Morgan fingerprint density at radius 1 is 1.00 bits per heavy atom. The van der Waals surface area contributed by atoms with E-state index in [0.717, 1.165) is 15.6 Å². The quantitative estimate of drug-likeness (QED) is 0.443. The first-order valence-corrected chi connectivity index (χ1v) is 9.15. The molecule has 0 saturated heterocycles. The summed E-state index contributed by atoms with van der Waals surface area (Å²) in [4.78, 5) is 15.0. The highest BCUT2D eigenvalue weighted by Gasteiger charge is 2.07. The van der Waals surface area contributed by atoms with E-state index in [2.05, 4.69) is 46.7 Å². The van der Waals surface area contributed by atoms with Gasteiger partial charge in [-0.3, -0.25) is 0 Å². The summed E-state index contributed by atoms with van der Waals surface area (Å²) in [5.41, 5.74) is 4.98. The molecule has 7 nitrogen and oxygen atoms in total. The van der Waals surface area contributed by atoms with Gasteiger partial charge in [-0.15, -0.1) is 0 Å². The topological polar surface area (TPSA) is 78.3 Å². The number of anilines is 3. The van der Waals surface area contributed by atoms with Crippen LogP contribution in [0.25, 0.3) is 0 Å². The largest absolute Gasteiger partial charge is 0.350 e. The standard InChI is InChI=1S/C19H20BrN7/c1-27(2)19-24-17(21-12-14-7-4-3-5-8-14)23-18(25-19)26-22-13-15-9-6-10-16(20)11-15/h3-11,13H,12H2,1-2H3,(H2,21,23,24,25,26)/b22-13+. The molecule has 0 fully saturated rings. The summed E-state index contributed by atoms with van der Waals surface area (Å²) in [5.74, 6) is 1.40. The summed E-state index contributed by atoms with van der Waals surface area (Å²) < 4.78 is 0.994. The third kappa shape index (κ3) is 5.75. The Balaban J connectivity index is 1.72. The van der Waals surface area contributed by atoms with Crippen molar-refractivity contribution < 1.29 is 0 Å². The van der Waals surface area contributed by atoms with Crippen LogP contribution < -0.4 is 15.6 Å². The lowest BCUT2D eigenvalue weighted by atomic mass is 10.2. The first kappa shape index (κ1) is 18.8. The van der Waals surface area contributed by atoms with Crippen LogP contribution in [0.15, 0.2) is 64.2 Å². The molecule has 0 spiro atoms. The van der Waals surface area contributed by atoms with Crippen molar-refractivity contribution >= 4 is 40.0 Å². The zero-order valence-electron chi connectivity index (χ0n) is 15.1. The van der Waals surface area contributed by atoms with Crippen molar-refractivity contribution in [3.63, 3.8) is 0 Å². The van der Waals surface area contributed by atoms with Gasteiger partial charge in [0.05, 0.1) is 6.21 Å². The van der Waals surface area contributed by atoms with E-state index in [4.69, 9.17) is 0 Å². The fourth-order valence-corrected chi connectivity index (χ4v) is 2.64. The fourth-order valence-electron chi connectivity index (χ4n) is 2.22. The molecular formula is C19H20BrN7. The van der Waals surface area contributed by atoms with Crippen molar-refractivity contribution in [2.45, 2.75) is 6.54 Å². The number of benzene rings is 2. The molecule has 2 aromatic carbocycles. The minimum Gasteiger partial charge on any atom is -0.350 e. The third-order valence-electron chi connectivity index (χ3n) is 3.54. The minimum absolute atomic E-state index is 0.371. The Morgan fingerprint density at radius 2 is 1.78 bits per heavy atom. The third-order valence-corrected chi connectivity index (χ3v) is 4.04. The zero-order valence-corrected chi connectivity index (χ0v) is 16.7. The van der Waals surface area contributed by atoms with Crippen LogP contribution in [0.5, 0.6) is 0 Å². The van der Waals surface area contributed by atoms with E-state index in [1.165, 1.54) is 0 Å². The normalized spacial score (nSPS) is 10.8. The molecule has 0 atom stereocenters. The van der Waals surface area contributed by atoms with Gasteiger partial charge in [0, 0.05) is 25.1 Å². The number of rotatable bonds is 7. The van der Waals surface area contributed by atoms with Gasteiger partial charge in [0.25, 0.3) is 0 Å². The second-order valence-corrected chi connectivity index (χ2v) is 6.86. The van der Waals surface area contributed by atoms with E-state index < -0.39 is 0 Å². The van der Waals surface area contributed by atoms with Gasteiger partial charge in [-0.25, -0.2) is 5.43 Å². The van der Waals surface area contributed by atoms with E-state index in [-0.39, 0.29) is 0 Å². The Bertz CT molecular complexity index is 913. The highest BCUT2D eigenvalue weighted by Crippen LogP contribution is 2.13. The van der Waals surface area contributed by atoms with Crippen molar-refractivity contribution in [3.8, 4) is 0 Å². The predicted octanol–water partition coefficient (Wildman–Crippen LogP) is 3.76. The van der Waals surface area contributed by atoms with Crippen molar-refractivity contribution in [1.29, 1.82) is 0 Å². The Labute approximate surface area is 166 Å². The maximum atomic E-state index is 4.42.